The van der Waals surface area contributed by atoms with E-state index in [1.807, 2.05) is 62.4 Å². The van der Waals surface area contributed by atoms with Gasteiger partial charge < -0.3 is 0 Å². The summed E-state index contributed by atoms with van der Waals surface area (Å²) in [6, 6.07) is 17.4. The van der Waals surface area contributed by atoms with E-state index in [1.54, 1.807) is 4.57 Å². The van der Waals surface area contributed by atoms with E-state index >= 15 is 0 Å². The fourth-order valence-electron chi connectivity index (χ4n) is 2.88. The topological polar surface area (TPSA) is 45.8 Å². The molecule has 1 heterocycles. The van der Waals surface area contributed by atoms with Crippen LogP contribution in [0.25, 0.3) is 21.9 Å². The van der Waals surface area contributed by atoms with Crippen LogP contribution in [0.2, 0.25) is 0 Å². The highest BCUT2D eigenvalue weighted by molar-refractivity contribution is 9.10. The highest BCUT2D eigenvalue weighted by Crippen LogP contribution is 2.32. The molecule has 0 aliphatic carbocycles. The van der Waals surface area contributed by atoms with Gasteiger partial charge >= 0.3 is 0 Å². The molecular formula is C19H15BrN2O. The lowest BCUT2D eigenvalue weighted by Crippen LogP contribution is -2.25. The Hall–Kier alpha value is -2.38. The van der Waals surface area contributed by atoms with E-state index in [0.29, 0.717) is 11.1 Å². The van der Waals surface area contributed by atoms with Crippen LogP contribution in [0, 0.1) is 11.3 Å². The zero-order valence-corrected chi connectivity index (χ0v) is 14.5. The number of hydrogen-bond acceptors (Lipinski definition) is 2. The van der Waals surface area contributed by atoms with Crippen LogP contribution in [0.1, 0.15) is 25.6 Å². The highest BCUT2D eigenvalue weighted by Gasteiger charge is 2.19. The largest absolute Gasteiger partial charge is 0.296 e. The Balaban J connectivity index is 2.54. The fraction of sp³-hybridized carbons (Fsp3) is 0.158. The third kappa shape index (κ3) is 2.58. The predicted molar refractivity (Wildman–Crippen MR) is 96.4 cm³/mol. The maximum absolute atomic E-state index is 12.8. The average molecular weight is 367 g/mol. The van der Waals surface area contributed by atoms with Gasteiger partial charge in [-0.05, 0) is 43.0 Å². The smallest absolute Gasteiger partial charge is 0.259 e. The van der Waals surface area contributed by atoms with Crippen molar-refractivity contribution in [3.63, 3.8) is 0 Å². The number of nitrogens with zero attached hydrogens (tertiary/aromatic N) is 2. The van der Waals surface area contributed by atoms with Crippen molar-refractivity contribution in [2.24, 2.45) is 0 Å². The number of benzene rings is 2. The number of rotatable bonds is 2. The van der Waals surface area contributed by atoms with E-state index in [1.165, 1.54) is 0 Å². The fourth-order valence-corrected chi connectivity index (χ4v) is 3.14. The summed E-state index contributed by atoms with van der Waals surface area (Å²) in [5, 5.41) is 11.2. The third-order valence-electron chi connectivity index (χ3n) is 3.88. The molecule has 0 aliphatic heterocycles. The minimum absolute atomic E-state index is 0.0871. The van der Waals surface area contributed by atoms with Crippen molar-refractivity contribution < 1.29 is 0 Å². The van der Waals surface area contributed by atoms with E-state index < -0.39 is 0 Å². The van der Waals surface area contributed by atoms with Gasteiger partial charge in [0.2, 0.25) is 0 Å². The molecule has 0 N–H and O–H groups in total. The van der Waals surface area contributed by atoms with Crippen molar-refractivity contribution in [1.82, 2.24) is 4.57 Å². The van der Waals surface area contributed by atoms with Crippen molar-refractivity contribution in [1.29, 1.82) is 5.26 Å². The Kier molecular flexibility index (Phi) is 4.06. The number of aromatic nitrogens is 1. The van der Waals surface area contributed by atoms with Crippen LogP contribution in [0.3, 0.4) is 0 Å². The molecule has 0 radical (unpaired) electrons. The molecule has 0 saturated heterocycles. The Morgan fingerprint density at radius 1 is 1.04 bits per heavy atom. The maximum Gasteiger partial charge on any atom is 0.259 e. The van der Waals surface area contributed by atoms with Gasteiger partial charge in [0.1, 0.15) is 11.8 Å². The minimum Gasteiger partial charge on any atom is -0.296 e. The van der Waals surface area contributed by atoms with Crippen LogP contribution >= 0.6 is 15.9 Å². The lowest BCUT2D eigenvalue weighted by molar-refractivity contribution is 0.577. The zero-order valence-electron chi connectivity index (χ0n) is 12.9. The molecule has 23 heavy (non-hydrogen) atoms. The van der Waals surface area contributed by atoms with Crippen molar-refractivity contribution >= 4 is 26.7 Å². The molecule has 1 aromatic heterocycles. The van der Waals surface area contributed by atoms with Gasteiger partial charge in [-0.2, -0.15) is 5.26 Å². The van der Waals surface area contributed by atoms with E-state index in [4.69, 9.17) is 0 Å². The minimum atomic E-state index is -0.118. The first-order valence-corrected chi connectivity index (χ1v) is 8.17. The summed E-state index contributed by atoms with van der Waals surface area (Å²) < 4.78 is 2.56. The molecule has 0 fully saturated rings. The first-order chi connectivity index (χ1) is 11.0. The molecule has 2 aromatic carbocycles. The van der Waals surface area contributed by atoms with Crippen molar-refractivity contribution in [3.8, 4) is 17.2 Å². The number of halogens is 1. The van der Waals surface area contributed by atoms with E-state index in [-0.39, 0.29) is 11.6 Å². The molecule has 3 aromatic rings. The summed E-state index contributed by atoms with van der Waals surface area (Å²) in [4.78, 5) is 12.8. The number of hydrogen-bond donors (Lipinski definition) is 0. The molecule has 3 rings (SSSR count). The molecule has 3 nitrogen and oxygen atoms in total. The van der Waals surface area contributed by atoms with Crippen LogP contribution < -0.4 is 5.56 Å². The first-order valence-electron chi connectivity index (χ1n) is 7.38. The lowest BCUT2D eigenvalue weighted by Gasteiger charge is -2.18. The Morgan fingerprint density at radius 2 is 1.65 bits per heavy atom. The average Bonchev–Trinajstić information content (AvgIpc) is 2.55. The molecule has 114 valence electrons. The Labute approximate surface area is 142 Å². The van der Waals surface area contributed by atoms with Crippen molar-refractivity contribution in [2.45, 2.75) is 19.9 Å². The second kappa shape index (κ2) is 6.02. The van der Waals surface area contributed by atoms with Crippen LogP contribution in [0.5, 0.6) is 0 Å². The maximum atomic E-state index is 12.8. The second-order valence-electron chi connectivity index (χ2n) is 5.66. The van der Waals surface area contributed by atoms with Gasteiger partial charge in [-0.25, -0.2) is 0 Å². The standard InChI is InChI=1S/C19H15BrN2O/c1-12(2)22-17(11-21)18(13-7-9-14(20)10-8-13)15-5-3-4-6-16(15)19(22)23/h3-10,12H,1-2H3. The highest BCUT2D eigenvalue weighted by atomic mass is 79.9. The SMILES string of the molecule is CC(C)n1c(C#N)c(-c2ccc(Br)cc2)c2ccccc2c1=O. The van der Waals surface area contributed by atoms with E-state index in [0.717, 1.165) is 21.0 Å². The quantitative estimate of drug-likeness (QED) is 0.648. The summed E-state index contributed by atoms with van der Waals surface area (Å²) in [5.41, 5.74) is 2.03. The molecular weight excluding hydrogens is 352 g/mol. The number of fused-ring (bicyclic) bond motifs is 1. The number of nitriles is 1. The Morgan fingerprint density at radius 3 is 2.22 bits per heavy atom. The number of pyridine rings is 1. The van der Waals surface area contributed by atoms with Gasteiger partial charge in [0.15, 0.2) is 0 Å². The van der Waals surface area contributed by atoms with Gasteiger partial charge in [-0.15, -0.1) is 0 Å². The van der Waals surface area contributed by atoms with Crippen molar-refractivity contribution in [3.05, 3.63) is 69.1 Å². The normalized spacial score (nSPS) is 10.9. The second-order valence-corrected chi connectivity index (χ2v) is 6.57. The van der Waals surface area contributed by atoms with Gasteiger partial charge in [0, 0.05) is 21.5 Å². The lowest BCUT2D eigenvalue weighted by atomic mass is 9.96. The van der Waals surface area contributed by atoms with Crippen LogP contribution in [-0.2, 0) is 0 Å². The molecule has 0 amide bonds. The summed E-state index contributed by atoms with van der Waals surface area (Å²) in [5.74, 6) is 0. The van der Waals surface area contributed by atoms with Crippen LogP contribution in [0.15, 0.2) is 57.8 Å². The third-order valence-corrected chi connectivity index (χ3v) is 4.41. The summed E-state index contributed by atoms with van der Waals surface area (Å²) >= 11 is 3.43. The van der Waals surface area contributed by atoms with Gasteiger partial charge in [-0.1, -0.05) is 46.3 Å². The van der Waals surface area contributed by atoms with E-state index in [2.05, 4.69) is 22.0 Å². The molecule has 0 unspecified atom stereocenters. The monoisotopic (exact) mass is 366 g/mol. The molecule has 0 atom stereocenters. The first kappa shape index (κ1) is 15.5. The molecule has 4 heteroatoms. The van der Waals surface area contributed by atoms with Crippen LogP contribution in [-0.4, -0.2) is 4.57 Å². The molecule has 0 spiro atoms. The van der Waals surface area contributed by atoms with Crippen molar-refractivity contribution in [2.75, 3.05) is 0 Å². The van der Waals surface area contributed by atoms with Crippen LogP contribution in [0.4, 0.5) is 0 Å². The van der Waals surface area contributed by atoms with E-state index in [9.17, 15) is 10.1 Å². The summed E-state index contributed by atoms with van der Waals surface area (Å²) in [7, 11) is 0. The van der Waals surface area contributed by atoms with Gasteiger partial charge in [0.25, 0.3) is 5.56 Å². The zero-order chi connectivity index (χ0) is 16.6. The van der Waals surface area contributed by atoms with Gasteiger partial charge in [-0.3, -0.25) is 9.36 Å². The Bertz CT molecular complexity index is 979. The predicted octanol–water partition coefficient (Wildman–Crippen LogP) is 4.88. The van der Waals surface area contributed by atoms with Gasteiger partial charge in [0.05, 0.1) is 0 Å². The molecule has 0 saturated carbocycles. The molecule has 0 bridgehead atoms. The summed E-state index contributed by atoms with van der Waals surface area (Å²) in [6.07, 6.45) is 0. The summed E-state index contributed by atoms with van der Waals surface area (Å²) in [6.45, 7) is 3.84. The molecule has 0 aliphatic rings.